The van der Waals surface area contributed by atoms with Crippen molar-refractivity contribution < 1.29 is 38.8 Å². The van der Waals surface area contributed by atoms with Gasteiger partial charge in [0.25, 0.3) is 0 Å². The molecule has 118 valence electrons. The topological polar surface area (TPSA) is 119 Å². The Bertz CT molecular complexity index is 457. The molecule has 0 spiro atoms. The van der Waals surface area contributed by atoms with Crippen LogP contribution in [0.4, 0.5) is 0 Å². The molecule has 8 nitrogen and oxygen atoms in total. The van der Waals surface area contributed by atoms with E-state index in [2.05, 4.69) is 0 Å². The number of carbonyl (C=O) groups excluding carboxylic acids is 3. The quantitative estimate of drug-likeness (QED) is 0.388. The highest BCUT2D eigenvalue weighted by Gasteiger charge is 2.51. The average Bonchev–Trinajstić information content (AvgIpc) is 2.36. The van der Waals surface area contributed by atoms with Crippen LogP contribution in [0, 0.1) is 0 Å². The lowest BCUT2D eigenvalue weighted by atomic mass is 9.84. The van der Waals surface area contributed by atoms with Crippen LogP contribution in [-0.2, 0) is 28.6 Å². The predicted octanol–water partition coefficient (Wildman–Crippen LogP) is -0.925. The minimum Gasteiger partial charge on any atom is -0.461 e. The molecule has 0 bridgehead atoms. The van der Waals surface area contributed by atoms with Crippen LogP contribution >= 0.6 is 0 Å². The molecule has 0 aromatic carbocycles. The van der Waals surface area contributed by atoms with E-state index >= 15 is 0 Å². The summed E-state index contributed by atoms with van der Waals surface area (Å²) < 4.78 is 14.9. The Morgan fingerprint density at radius 2 is 1.71 bits per heavy atom. The van der Waals surface area contributed by atoms with Crippen molar-refractivity contribution in [1.29, 1.82) is 0 Å². The van der Waals surface area contributed by atoms with Crippen molar-refractivity contribution >= 4 is 17.9 Å². The van der Waals surface area contributed by atoms with Gasteiger partial charge in [0, 0.05) is 20.8 Å². The third-order valence-electron chi connectivity index (χ3n) is 2.84. The van der Waals surface area contributed by atoms with Crippen LogP contribution in [0.1, 0.15) is 20.8 Å². The summed E-state index contributed by atoms with van der Waals surface area (Å²) in [5.41, 5.74) is -1.69. The summed E-state index contributed by atoms with van der Waals surface area (Å²) in [6.07, 6.45) is -1.83. The number of aliphatic hydroxyl groups excluding tert-OH is 2. The number of esters is 3. The second-order valence-electron chi connectivity index (χ2n) is 4.70. The molecule has 0 amide bonds. The van der Waals surface area contributed by atoms with Crippen molar-refractivity contribution in [1.82, 2.24) is 0 Å². The van der Waals surface area contributed by atoms with Gasteiger partial charge < -0.3 is 24.4 Å². The van der Waals surface area contributed by atoms with E-state index in [-0.39, 0.29) is 0 Å². The van der Waals surface area contributed by atoms with Gasteiger partial charge in [-0.1, -0.05) is 6.08 Å². The van der Waals surface area contributed by atoms with E-state index in [9.17, 15) is 24.6 Å². The van der Waals surface area contributed by atoms with E-state index in [1.807, 2.05) is 0 Å². The molecule has 0 fully saturated rings. The van der Waals surface area contributed by atoms with Gasteiger partial charge in [-0.3, -0.25) is 14.4 Å². The Balaban J connectivity index is 3.18. The van der Waals surface area contributed by atoms with Gasteiger partial charge in [0.1, 0.15) is 18.8 Å². The maximum atomic E-state index is 11.3. The smallest absolute Gasteiger partial charge is 0.303 e. The number of aliphatic hydroxyl groups is 2. The number of hydrogen-bond acceptors (Lipinski definition) is 8. The normalized spacial score (nSPS) is 31.4. The van der Waals surface area contributed by atoms with Crippen molar-refractivity contribution in [2.45, 2.75) is 44.7 Å². The van der Waals surface area contributed by atoms with Gasteiger partial charge in [0.2, 0.25) is 5.60 Å². The third kappa shape index (κ3) is 4.27. The van der Waals surface area contributed by atoms with Crippen molar-refractivity contribution in [3.63, 3.8) is 0 Å². The maximum absolute atomic E-state index is 11.3. The van der Waals surface area contributed by atoms with E-state index in [0.29, 0.717) is 0 Å². The van der Waals surface area contributed by atoms with Gasteiger partial charge in [0.15, 0.2) is 6.10 Å². The molecular formula is C13H18O8. The van der Waals surface area contributed by atoms with Crippen LogP contribution in [0.2, 0.25) is 0 Å². The molecule has 1 rings (SSSR count). The highest BCUT2D eigenvalue weighted by molar-refractivity contribution is 5.69. The number of ether oxygens (including phenoxy) is 3. The van der Waals surface area contributed by atoms with Gasteiger partial charge in [-0.25, -0.2) is 0 Å². The standard InChI is InChI=1S/C13H18O8/c1-7(14)19-6-13(21-9(3)16)5-4-10(17)11(18)12(13)20-8(2)15/h4-5,10-12,17-18H,6H2,1-3H3/t10-,11-,12+,13-/m1/s1. The lowest BCUT2D eigenvalue weighted by Crippen LogP contribution is -2.60. The summed E-state index contributed by atoms with van der Waals surface area (Å²) in [4.78, 5) is 33.5. The van der Waals surface area contributed by atoms with Crippen LogP contribution in [0.15, 0.2) is 12.2 Å². The zero-order chi connectivity index (χ0) is 16.2. The van der Waals surface area contributed by atoms with E-state index in [1.54, 1.807) is 0 Å². The highest BCUT2D eigenvalue weighted by atomic mass is 16.6. The first-order chi connectivity index (χ1) is 9.68. The van der Waals surface area contributed by atoms with E-state index in [0.717, 1.165) is 20.8 Å². The summed E-state index contributed by atoms with van der Waals surface area (Å²) in [7, 11) is 0. The molecule has 0 unspecified atom stereocenters. The molecule has 2 N–H and O–H groups in total. The predicted molar refractivity (Wildman–Crippen MR) is 67.8 cm³/mol. The van der Waals surface area contributed by atoms with E-state index in [1.165, 1.54) is 12.2 Å². The molecule has 0 saturated carbocycles. The molecular weight excluding hydrogens is 284 g/mol. The monoisotopic (exact) mass is 302 g/mol. The second kappa shape index (κ2) is 6.68. The number of rotatable bonds is 4. The van der Waals surface area contributed by atoms with Crippen LogP contribution in [0.3, 0.4) is 0 Å². The first kappa shape index (κ1) is 17.1. The second-order valence-corrected chi connectivity index (χ2v) is 4.70. The molecule has 8 heteroatoms. The van der Waals surface area contributed by atoms with Gasteiger partial charge >= 0.3 is 17.9 Å². The van der Waals surface area contributed by atoms with Gasteiger partial charge in [-0.15, -0.1) is 0 Å². The Hall–Kier alpha value is -1.93. The first-order valence-corrected chi connectivity index (χ1v) is 6.23. The largest absolute Gasteiger partial charge is 0.461 e. The van der Waals surface area contributed by atoms with Crippen molar-refractivity contribution in [3.8, 4) is 0 Å². The van der Waals surface area contributed by atoms with Gasteiger partial charge in [0.05, 0.1) is 0 Å². The summed E-state index contributed by atoms with van der Waals surface area (Å²) in [5.74, 6) is -2.12. The summed E-state index contributed by atoms with van der Waals surface area (Å²) in [5, 5.41) is 19.6. The van der Waals surface area contributed by atoms with Crippen molar-refractivity contribution in [2.75, 3.05) is 6.61 Å². The van der Waals surface area contributed by atoms with Crippen LogP contribution in [-0.4, -0.2) is 58.6 Å². The van der Waals surface area contributed by atoms with Gasteiger partial charge in [-0.2, -0.15) is 0 Å². The zero-order valence-corrected chi connectivity index (χ0v) is 11.9. The minimum absolute atomic E-state index is 0.458. The zero-order valence-electron chi connectivity index (χ0n) is 11.9. The molecule has 0 saturated heterocycles. The number of hydrogen-bond donors (Lipinski definition) is 2. The Kier molecular flexibility index (Phi) is 5.45. The van der Waals surface area contributed by atoms with Crippen LogP contribution in [0.25, 0.3) is 0 Å². The lowest BCUT2D eigenvalue weighted by Gasteiger charge is -2.41. The van der Waals surface area contributed by atoms with Crippen molar-refractivity contribution in [2.24, 2.45) is 0 Å². The van der Waals surface area contributed by atoms with Gasteiger partial charge in [-0.05, 0) is 6.08 Å². The highest BCUT2D eigenvalue weighted by Crippen LogP contribution is 2.31. The molecule has 0 aromatic rings. The minimum atomic E-state index is -1.69. The van der Waals surface area contributed by atoms with Crippen LogP contribution < -0.4 is 0 Å². The molecule has 0 aromatic heterocycles. The Morgan fingerprint density at radius 1 is 1.10 bits per heavy atom. The summed E-state index contributed by atoms with van der Waals surface area (Å²) in [6, 6.07) is 0. The summed E-state index contributed by atoms with van der Waals surface area (Å²) in [6.45, 7) is 2.91. The van der Waals surface area contributed by atoms with E-state index in [4.69, 9.17) is 14.2 Å². The molecule has 0 heterocycles. The first-order valence-electron chi connectivity index (χ1n) is 6.23. The molecule has 4 atom stereocenters. The fraction of sp³-hybridized carbons (Fsp3) is 0.615. The SMILES string of the molecule is CC(=O)OC[C@]1(OC(C)=O)C=C[C@@H](O)[C@@H](O)[C@@H]1OC(C)=O. The third-order valence-corrected chi connectivity index (χ3v) is 2.84. The molecule has 1 aliphatic rings. The van der Waals surface area contributed by atoms with Crippen molar-refractivity contribution in [3.05, 3.63) is 12.2 Å². The number of carbonyl (C=O) groups is 3. The molecule has 21 heavy (non-hydrogen) atoms. The molecule has 0 aliphatic heterocycles. The lowest BCUT2D eigenvalue weighted by molar-refractivity contribution is -0.207. The summed E-state index contributed by atoms with van der Waals surface area (Å²) >= 11 is 0. The Labute approximate surface area is 121 Å². The fourth-order valence-electron chi connectivity index (χ4n) is 2.02. The molecule has 1 aliphatic carbocycles. The van der Waals surface area contributed by atoms with Crippen LogP contribution in [0.5, 0.6) is 0 Å². The van der Waals surface area contributed by atoms with E-state index < -0.39 is 48.4 Å². The molecule has 0 radical (unpaired) electrons. The maximum Gasteiger partial charge on any atom is 0.303 e. The Morgan fingerprint density at radius 3 is 2.19 bits per heavy atom. The fourth-order valence-corrected chi connectivity index (χ4v) is 2.02. The average molecular weight is 302 g/mol.